The van der Waals surface area contributed by atoms with Crippen LogP contribution in [0.5, 0.6) is 0 Å². The Kier molecular flexibility index (Phi) is 5.40. The van der Waals surface area contributed by atoms with Crippen molar-refractivity contribution < 1.29 is 9.53 Å². The minimum atomic E-state index is -0.403. The molecule has 1 N–H and O–H groups in total. The number of likely N-dealkylation sites (tertiary alicyclic amines) is 1. The van der Waals surface area contributed by atoms with E-state index in [0.29, 0.717) is 18.1 Å². The van der Waals surface area contributed by atoms with Gasteiger partial charge in [0, 0.05) is 18.1 Å². The predicted molar refractivity (Wildman–Crippen MR) is 96.1 cm³/mol. The van der Waals surface area contributed by atoms with E-state index < -0.39 is 5.60 Å². The molecule has 2 unspecified atom stereocenters. The molecule has 24 heavy (non-hydrogen) atoms. The Labute approximate surface area is 147 Å². The number of piperidine rings is 2. The van der Waals surface area contributed by atoms with Crippen LogP contribution in [0, 0.1) is 5.92 Å². The fraction of sp³-hybridized carbons (Fsp3) is 0.947. The van der Waals surface area contributed by atoms with E-state index in [0.717, 1.165) is 38.1 Å². The van der Waals surface area contributed by atoms with E-state index in [1.54, 1.807) is 0 Å². The summed E-state index contributed by atoms with van der Waals surface area (Å²) in [4.78, 5) is 17.0. The van der Waals surface area contributed by atoms with E-state index in [1.807, 2.05) is 25.7 Å². The van der Waals surface area contributed by atoms with Gasteiger partial charge in [-0.1, -0.05) is 0 Å². The van der Waals surface area contributed by atoms with Crippen LogP contribution in [0.2, 0.25) is 0 Å². The smallest absolute Gasteiger partial charge is 0.410 e. The fourth-order valence-electron chi connectivity index (χ4n) is 4.56. The Balaban J connectivity index is 1.47. The molecule has 2 bridgehead atoms. The molecule has 5 heteroatoms. The summed E-state index contributed by atoms with van der Waals surface area (Å²) >= 11 is 0. The molecule has 1 amide bonds. The lowest BCUT2D eigenvalue weighted by molar-refractivity contribution is 0.00449. The molecule has 3 rings (SSSR count). The van der Waals surface area contributed by atoms with Gasteiger partial charge in [-0.15, -0.1) is 0 Å². The SMILES string of the molecule is CN1CCC(CNC2CC3CCC(C2)N3C(=O)OC(C)(C)C)CC1. The van der Waals surface area contributed by atoms with Crippen molar-refractivity contribution >= 4 is 6.09 Å². The van der Waals surface area contributed by atoms with E-state index in [1.165, 1.54) is 25.9 Å². The molecule has 0 aromatic heterocycles. The molecule has 3 aliphatic rings. The summed E-state index contributed by atoms with van der Waals surface area (Å²) in [6.07, 6.45) is 6.96. The topological polar surface area (TPSA) is 44.8 Å². The minimum absolute atomic E-state index is 0.108. The van der Waals surface area contributed by atoms with Crippen LogP contribution < -0.4 is 5.32 Å². The van der Waals surface area contributed by atoms with E-state index in [9.17, 15) is 4.79 Å². The number of fused-ring (bicyclic) bond motifs is 2. The summed E-state index contributed by atoms with van der Waals surface area (Å²) in [5.41, 5.74) is -0.403. The zero-order valence-electron chi connectivity index (χ0n) is 15.9. The average Bonchev–Trinajstić information content (AvgIpc) is 2.76. The van der Waals surface area contributed by atoms with Gasteiger partial charge >= 0.3 is 6.09 Å². The lowest BCUT2D eigenvalue weighted by atomic mass is 9.94. The van der Waals surface area contributed by atoms with E-state index in [4.69, 9.17) is 4.74 Å². The minimum Gasteiger partial charge on any atom is -0.444 e. The van der Waals surface area contributed by atoms with Gasteiger partial charge in [-0.2, -0.15) is 0 Å². The van der Waals surface area contributed by atoms with Crippen molar-refractivity contribution in [3.8, 4) is 0 Å². The average molecular weight is 338 g/mol. The van der Waals surface area contributed by atoms with Gasteiger partial charge in [0.15, 0.2) is 0 Å². The second-order valence-electron chi connectivity index (χ2n) is 9.10. The number of rotatable bonds is 3. The van der Waals surface area contributed by atoms with Gasteiger partial charge in [0.1, 0.15) is 5.60 Å². The van der Waals surface area contributed by atoms with Crippen molar-refractivity contribution in [2.45, 2.75) is 83.0 Å². The predicted octanol–water partition coefficient (Wildman–Crippen LogP) is 2.85. The normalized spacial score (nSPS) is 32.2. The molecule has 3 aliphatic heterocycles. The Morgan fingerprint density at radius 1 is 1.08 bits per heavy atom. The fourth-order valence-corrected chi connectivity index (χ4v) is 4.56. The van der Waals surface area contributed by atoms with Crippen molar-refractivity contribution in [2.75, 3.05) is 26.7 Å². The second-order valence-corrected chi connectivity index (χ2v) is 9.10. The molecule has 0 radical (unpaired) electrons. The highest BCUT2D eigenvalue weighted by molar-refractivity contribution is 5.69. The number of hydrogen-bond acceptors (Lipinski definition) is 4. The van der Waals surface area contributed by atoms with Crippen molar-refractivity contribution in [1.29, 1.82) is 0 Å². The van der Waals surface area contributed by atoms with E-state index in [-0.39, 0.29) is 6.09 Å². The third-order valence-corrected chi connectivity index (χ3v) is 5.87. The molecule has 0 saturated carbocycles. The van der Waals surface area contributed by atoms with Crippen molar-refractivity contribution in [1.82, 2.24) is 15.1 Å². The Morgan fingerprint density at radius 3 is 2.21 bits per heavy atom. The number of ether oxygens (including phenoxy) is 1. The van der Waals surface area contributed by atoms with Crippen LogP contribution in [0.3, 0.4) is 0 Å². The molecule has 0 spiro atoms. The summed E-state index contributed by atoms with van der Waals surface area (Å²) in [6, 6.07) is 1.31. The maximum atomic E-state index is 12.5. The lowest BCUT2D eigenvalue weighted by Crippen LogP contribution is -2.53. The van der Waals surface area contributed by atoms with Crippen LogP contribution in [0.15, 0.2) is 0 Å². The Bertz CT molecular complexity index is 426. The molecule has 138 valence electrons. The molecule has 0 aliphatic carbocycles. The van der Waals surface area contributed by atoms with Gasteiger partial charge in [-0.3, -0.25) is 0 Å². The second kappa shape index (κ2) is 7.20. The maximum absolute atomic E-state index is 12.5. The maximum Gasteiger partial charge on any atom is 0.410 e. The summed E-state index contributed by atoms with van der Waals surface area (Å²) in [7, 11) is 2.22. The first-order valence-electron chi connectivity index (χ1n) is 9.75. The molecule has 3 saturated heterocycles. The summed E-state index contributed by atoms with van der Waals surface area (Å²) in [5.74, 6) is 0.822. The summed E-state index contributed by atoms with van der Waals surface area (Å²) in [6.45, 7) is 9.45. The van der Waals surface area contributed by atoms with E-state index >= 15 is 0 Å². The van der Waals surface area contributed by atoms with Crippen LogP contribution in [0.1, 0.15) is 59.3 Å². The highest BCUT2D eigenvalue weighted by Gasteiger charge is 2.44. The van der Waals surface area contributed by atoms with E-state index in [2.05, 4.69) is 17.3 Å². The molecule has 2 atom stereocenters. The Hall–Kier alpha value is -0.810. The highest BCUT2D eigenvalue weighted by Crippen LogP contribution is 2.37. The van der Waals surface area contributed by atoms with Crippen molar-refractivity contribution in [3.63, 3.8) is 0 Å². The van der Waals surface area contributed by atoms with Gasteiger partial charge in [-0.05, 0) is 91.9 Å². The zero-order valence-corrected chi connectivity index (χ0v) is 15.9. The molecular weight excluding hydrogens is 302 g/mol. The first-order valence-corrected chi connectivity index (χ1v) is 9.75. The first kappa shape index (κ1) is 18.0. The number of carbonyl (C=O) groups excluding carboxylic acids is 1. The van der Waals surface area contributed by atoms with Gasteiger partial charge in [0.2, 0.25) is 0 Å². The van der Waals surface area contributed by atoms with Gasteiger partial charge < -0.3 is 19.9 Å². The molecule has 0 aromatic carbocycles. The van der Waals surface area contributed by atoms with Gasteiger partial charge in [0.05, 0.1) is 0 Å². The molecule has 5 nitrogen and oxygen atoms in total. The highest BCUT2D eigenvalue weighted by atomic mass is 16.6. The summed E-state index contributed by atoms with van der Waals surface area (Å²) < 4.78 is 5.62. The zero-order chi connectivity index (χ0) is 17.3. The van der Waals surface area contributed by atoms with Crippen LogP contribution in [0.4, 0.5) is 4.79 Å². The number of nitrogens with one attached hydrogen (secondary N) is 1. The standard InChI is InChI=1S/C19H35N3O2/c1-19(2,3)24-18(23)22-16-5-6-17(22)12-15(11-16)20-13-14-7-9-21(4)10-8-14/h14-17,20H,5-13H2,1-4H3. The monoisotopic (exact) mass is 337 g/mol. The molecule has 0 aromatic rings. The van der Waals surface area contributed by atoms with Crippen molar-refractivity contribution in [3.05, 3.63) is 0 Å². The largest absolute Gasteiger partial charge is 0.444 e. The quantitative estimate of drug-likeness (QED) is 0.860. The third-order valence-electron chi connectivity index (χ3n) is 5.87. The molecule has 3 heterocycles. The Morgan fingerprint density at radius 2 is 1.67 bits per heavy atom. The lowest BCUT2D eigenvalue weighted by Gasteiger charge is -2.40. The third kappa shape index (κ3) is 4.42. The summed E-state index contributed by atoms with van der Waals surface area (Å²) in [5, 5.41) is 3.82. The first-order chi connectivity index (χ1) is 11.3. The number of amides is 1. The molecule has 3 fully saturated rings. The number of hydrogen-bond donors (Lipinski definition) is 1. The van der Waals surface area contributed by atoms with Crippen LogP contribution in [0.25, 0.3) is 0 Å². The molecular formula is C19H35N3O2. The van der Waals surface area contributed by atoms with Crippen LogP contribution >= 0.6 is 0 Å². The van der Waals surface area contributed by atoms with Crippen LogP contribution in [-0.2, 0) is 4.74 Å². The van der Waals surface area contributed by atoms with Gasteiger partial charge in [-0.25, -0.2) is 4.79 Å². The van der Waals surface area contributed by atoms with Crippen LogP contribution in [-0.4, -0.2) is 66.3 Å². The van der Waals surface area contributed by atoms with Crippen molar-refractivity contribution in [2.24, 2.45) is 5.92 Å². The number of carbonyl (C=O) groups is 1. The van der Waals surface area contributed by atoms with Gasteiger partial charge in [0.25, 0.3) is 0 Å². The number of nitrogens with zero attached hydrogens (tertiary/aromatic N) is 2.